The van der Waals surface area contributed by atoms with Crippen molar-refractivity contribution in [2.24, 2.45) is 0 Å². The Bertz CT molecular complexity index is 560. The van der Waals surface area contributed by atoms with Gasteiger partial charge in [-0.1, -0.05) is 0 Å². The van der Waals surface area contributed by atoms with E-state index in [4.69, 9.17) is 9.47 Å². The van der Waals surface area contributed by atoms with Crippen molar-refractivity contribution < 1.29 is 14.3 Å². The van der Waals surface area contributed by atoms with Gasteiger partial charge in [-0.05, 0) is 30.4 Å². The van der Waals surface area contributed by atoms with Crippen LogP contribution >= 0.6 is 11.3 Å². The van der Waals surface area contributed by atoms with E-state index >= 15 is 0 Å². The molecule has 128 valence electrons. The molecule has 6 heteroatoms. The molecule has 3 heterocycles. The quantitative estimate of drug-likeness (QED) is 0.822. The van der Waals surface area contributed by atoms with Crippen LogP contribution in [0.2, 0.25) is 0 Å². The number of ether oxygens (including phenoxy) is 2. The van der Waals surface area contributed by atoms with Gasteiger partial charge in [-0.25, -0.2) is 0 Å². The van der Waals surface area contributed by atoms with E-state index in [1.807, 2.05) is 11.3 Å². The van der Waals surface area contributed by atoms with Gasteiger partial charge in [0.1, 0.15) is 6.61 Å². The van der Waals surface area contributed by atoms with Crippen molar-refractivity contribution in [2.45, 2.75) is 38.0 Å². The van der Waals surface area contributed by atoms with E-state index in [2.05, 4.69) is 23.3 Å². The van der Waals surface area contributed by atoms with Crippen molar-refractivity contribution in [1.29, 1.82) is 0 Å². The zero-order chi connectivity index (χ0) is 16.4. The smallest absolute Gasteiger partial charge is 0.248 e. The van der Waals surface area contributed by atoms with Crippen LogP contribution in [0.4, 0.5) is 0 Å². The van der Waals surface area contributed by atoms with Crippen molar-refractivity contribution in [2.75, 3.05) is 40.4 Å². The Morgan fingerprint density at radius 3 is 3.09 bits per heavy atom. The van der Waals surface area contributed by atoms with Gasteiger partial charge in [0.2, 0.25) is 5.91 Å². The van der Waals surface area contributed by atoms with Crippen molar-refractivity contribution in [3.05, 3.63) is 21.9 Å². The Morgan fingerprint density at radius 1 is 1.57 bits per heavy atom. The van der Waals surface area contributed by atoms with Gasteiger partial charge in [0.25, 0.3) is 0 Å². The summed E-state index contributed by atoms with van der Waals surface area (Å²) < 4.78 is 11.8. The fourth-order valence-corrected chi connectivity index (χ4v) is 4.29. The minimum atomic E-state index is -0.0724. The van der Waals surface area contributed by atoms with Gasteiger partial charge in [0, 0.05) is 45.0 Å². The Labute approximate surface area is 142 Å². The van der Waals surface area contributed by atoms with Crippen LogP contribution in [0.1, 0.15) is 23.3 Å². The lowest BCUT2D eigenvalue weighted by Gasteiger charge is -2.23. The largest absolute Gasteiger partial charge is 0.371 e. The second-order valence-corrected chi connectivity index (χ2v) is 7.91. The molecule has 0 unspecified atom stereocenters. The number of nitrogens with zero attached hydrogens (tertiary/aromatic N) is 2. The van der Waals surface area contributed by atoms with Crippen LogP contribution in [0.25, 0.3) is 0 Å². The minimum absolute atomic E-state index is 0.00664. The SMILES string of the molecule is Cc1ccsc1CN1CC[C@@]2(C[C@@H](OCC(=O)N(C)C)CO2)C1. The molecule has 2 fully saturated rings. The number of hydrogen-bond acceptors (Lipinski definition) is 5. The molecule has 0 aliphatic carbocycles. The van der Waals surface area contributed by atoms with Crippen molar-refractivity contribution in [1.82, 2.24) is 9.80 Å². The summed E-state index contributed by atoms with van der Waals surface area (Å²) in [6.45, 7) is 5.98. The molecule has 1 spiro atoms. The molecule has 1 aromatic heterocycles. The minimum Gasteiger partial charge on any atom is -0.371 e. The summed E-state index contributed by atoms with van der Waals surface area (Å²) in [5, 5.41) is 2.16. The molecule has 23 heavy (non-hydrogen) atoms. The van der Waals surface area contributed by atoms with Gasteiger partial charge >= 0.3 is 0 Å². The molecule has 2 aliphatic rings. The maximum absolute atomic E-state index is 11.6. The third kappa shape index (κ3) is 3.94. The maximum atomic E-state index is 11.6. The van der Waals surface area contributed by atoms with Gasteiger partial charge in [-0.3, -0.25) is 9.69 Å². The highest BCUT2D eigenvalue weighted by Gasteiger charge is 2.46. The molecule has 3 rings (SSSR count). The Hall–Kier alpha value is -0.950. The second-order valence-electron chi connectivity index (χ2n) is 6.91. The van der Waals surface area contributed by atoms with Gasteiger partial charge in [0.15, 0.2) is 0 Å². The molecular formula is C17H26N2O3S. The Morgan fingerprint density at radius 2 is 2.39 bits per heavy atom. The summed E-state index contributed by atoms with van der Waals surface area (Å²) in [6, 6.07) is 2.18. The van der Waals surface area contributed by atoms with Crippen LogP contribution in [0, 0.1) is 6.92 Å². The van der Waals surface area contributed by atoms with Crippen LogP contribution in [-0.4, -0.2) is 67.8 Å². The zero-order valence-corrected chi connectivity index (χ0v) is 15.0. The molecule has 0 saturated carbocycles. The molecule has 0 aromatic carbocycles. The summed E-state index contributed by atoms with van der Waals surface area (Å²) >= 11 is 1.83. The van der Waals surface area contributed by atoms with Gasteiger partial charge in [-0.2, -0.15) is 0 Å². The highest BCUT2D eigenvalue weighted by atomic mass is 32.1. The molecule has 1 aromatic rings. The van der Waals surface area contributed by atoms with Crippen molar-refractivity contribution in [3.63, 3.8) is 0 Å². The molecule has 0 radical (unpaired) electrons. The molecule has 2 atom stereocenters. The fourth-order valence-electron chi connectivity index (χ4n) is 3.34. The average molecular weight is 338 g/mol. The second kappa shape index (κ2) is 6.89. The first kappa shape index (κ1) is 16.9. The first-order chi connectivity index (χ1) is 11.0. The summed E-state index contributed by atoms with van der Waals surface area (Å²) in [6.07, 6.45) is 1.99. The van der Waals surface area contributed by atoms with Crippen LogP contribution < -0.4 is 0 Å². The lowest BCUT2D eigenvalue weighted by molar-refractivity contribution is -0.135. The Kier molecular flexibility index (Phi) is 5.06. The number of carbonyl (C=O) groups excluding carboxylic acids is 1. The van der Waals surface area contributed by atoms with Gasteiger partial charge in [0.05, 0.1) is 18.3 Å². The first-order valence-corrected chi connectivity index (χ1v) is 9.06. The summed E-state index contributed by atoms with van der Waals surface area (Å²) in [5.41, 5.74) is 1.31. The summed E-state index contributed by atoms with van der Waals surface area (Å²) in [4.78, 5) is 17.1. The van der Waals surface area contributed by atoms with E-state index < -0.39 is 0 Å². The number of likely N-dealkylation sites (tertiary alicyclic amines) is 1. The number of hydrogen-bond donors (Lipinski definition) is 0. The number of amides is 1. The molecule has 1 amide bonds. The standard InChI is InChI=1S/C17H26N2O3S/c1-13-4-7-23-15(13)9-19-6-5-17(12-19)8-14(10-22-17)21-11-16(20)18(2)3/h4,7,14H,5-6,8-12H2,1-3H3/t14-,17-/m1/s1. The van der Waals surface area contributed by atoms with E-state index in [9.17, 15) is 4.79 Å². The molecule has 0 N–H and O–H groups in total. The summed E-state index contributed by atoms with van der Waals surface area (Å²) in [5.74, 6) is 0.00664. The van der Waals surface area contributed by atoms with Crippen LogP contribution in [0.15, 0.2) is 11.4 Å². The van der Waals surface area contributed by atoms with E-state index in [1.165, 1.54) is 10.4 Å². The Balaban J connectivity index is 1.48. The van der Waals surface area contributed by atoms with Gasteiger partial charge < -0.3 is 14.4 Å². The number of aryl methyl sites for hydroxylation is 1. The number of rotatable bonds is 5. The van der Waals surface area contributed by atoms with Crippen LogP contribution in [-0.2, 0) is 20.8 Å². The van der Waals surface area contributed by atoms with E-state index in [-0.39, 0.29) is 24.2 Å². The van der Waals surface area contributed by atoms with Crippen molar-refractivity contribution in [3.8, 4) is 0 Å². The predicted octanol–water partition coefficient (Wildman–Crippen LogP) is 1.89. The normalized spacial score (nSPS) is 27.9. The fraction of sp³-hybridized carbons (Fsp3) is 0.706. The predicted molar refractivity (Wildman–Crippen MR) is 90.7 cm³/mol. The van der Waals surface area contributed by atoms with Crippen LogP contribution in [0.3, 0.4) is 0 Å². The van der Waals surface area contributed by atoms with Crippen molar-refractivity contribution >= 4 is 17.2 Å². The van der Waals surface area contributed by atoms with Gasteiger partial charge in [-0.15, -0.1) is 11.3 Å². The van der Waals surface area contributed by atoms with Crippen LogP contribution in [0.5, 0.6) is 0 Å². The first-order valence-electron chi connectivity index (χ1n) is 8.18. The number of likely N-dealkylation sites (N-methyl/N-ethyl adjacent to an activating group) is 1. The summed E-state index contributed by atoms with van der Waals surface area (Å²) in [7, 11) is 3.50. The average Bonchev–Trinajstić information content (AvgIpc) is 3.21. The molecular weight excluding hydrogens is 312 g/mol. The van der Waals surface area contributed by atoms with E-state index in [1.54, 1.807) is 19.0 Å². The zero-order valence-electron chi connectivity index (χ0n) is 14.2. The molecule has 0 bridgehead atoms. The van der Waals surface area contributed by atoms with E-state index in [0.29, 0.717) is 6.61 Å². The lowest BCUT2D eigenvalue weighted by atomic mass is 9.98. The molecule has 5 nitrogen and oxygen atoms in total. The highest BCUT2D eigenvalue weighted by Crippen LogP contribution is 2.37. The maximum Gasteiger partial charge on any atom is 0.248 e. The lowest BCUT2D eigenvalue weighted by Crippen LogP contribution is -2.33. The van der Waals surface area contributed by atoms with E-state index in [0.717, 1.165) is 32.5 Å². The monoisotopic (exact) mass is 338 g/mol. The topological polar surface area (TPSA) is 42.0 Å². The third-order valence-corrected chi connectivity index (χ3v) is 5.85. The number of thiophene rings is 1. The molecule has 2 saturated heterocycles. The highest BCUT2D eigenvalue weighted by molar-refractivity contribution is 7.10. The number of carbonyl (C=O) groups is 1. The molecule has 2 aliphatic heterocycles. The third-order valence-electron chi connectivity index (χ3n) is 4.85.